The molecule has 0 radical (unpaired) electrons. The second-order valence-corrected chi connectivity index (χ2v) is 11.5. The first kappa shape index (κ1) is 24.6. The number of halogens is 1. The van der Waals surface area contributed by atoms with Gasteiger partial charge in [0.25, 0.3) is 5.91 Å². The lowest BCUT2D eigenvalue weighted by Gasteiger charge is -2.43. The van der Waals surface area contributed by atoms with Crippen molar-refractivity contribution in [3.05, 3.63) is 39.8 Å². The summed E-state index contributed by atoms with van der Waals surface area (Å²) in [6.07, 6.45) is 9.84. The standard InChI is InChI=1S/C26H36ClN3O2S/c1-19-7-5-13-29(17-19)14-6-12-28-25(31)18-30-22-10-2-3-11-23(22)33-24(26(30)32)16-20-8-4-9-21(27)15-20/h4,8-9,15-16,19,22-23H,2-3,5-7,10-14,17-18H2,1H3,(H,28,31)/b24-16+. The van der Waals surface area contributed by atoms with E-state index in [2.05, 4.69) is 17.1 Å². The van der Waals surface area contributed by atoms with Crippen LogP contribution in [-0.4, -0.2) is 65.6 Å². The molecule has 2 aliphatic heterocycles. The summed E-state index contributed by atoms with van der Waals surface area (Å²) in [7, 11) is 0. The van der Waals surface area contributed by atoms with Gasteiger partial charge in [0.05, 0.1) is 4.91 Å². The van der Waals surface area contributed by atoms with E-state index in [1.165, 1.54) is 32.4 Å². The Bertz CT molecular complexity index is 877. The Labute approximate surface area is 207 Å². The van der Waals surface area contributed by atoms with Crippen molar-refractivity contribution in [2.45, 2.75) is 63.2 Å². The van der Waals surface area contributed by atoms with Crippen molar-refractivity contribution in [1.29, 1.82) is 0 Å². The van der Waals surface area contributed by atoms with E-state index in [0.717, 1.165) is 43.7 Å². The maximum Gasteiger partial charge on any atom is 0.261 e. The van der Waals surface area contributed by atoms with Crippen LogP contribution in [0, 0.1) is 5.92 Å². The molecule has 7 heteroatoms. The van der Waals surface area contributed by atoms with Gasteiger partial charge < -0.3 is 15.1 Å². The van der Waals surface area contributed by atoms with Crippen LogP contribution in [0.4, 0.5) is 0 Å². The Hall–Kier alpha value is -1.50. The molecule has 1 N–H and O–H groups in total. The third-order valence-corrected chi connectivity index (χ3v) is 8.63. The van der Waals surface area contributed by atoms with Gasteiger partial charge in [0.1, 0.15) is 6.54 Å². The molecule has 2 saturated heterocycles. The van der Waals surface area contributed by atoms with E-state index in [4.69, 9.17) is 11.6 Å². The van der Waals surface area contributed by atoms with Gasteiger partial charge in [-0.25, -0.2) is 0 Å². The summed E-state index contributed by atoms with van der Waals surface area (Å²) in [6.45, 7) is 6.49. The molecule has 3 unspecified atom stereocenters. The number of thioether (sulfide) groups is 1. The number of piperidine rings is 1. The number of carbonyl (C=O) groups is 2. The molecule has 1 aliphatic carbocycles. The van der Waals surface area contributed by atoms with Crippen LogP contribution in [-0.2, 0) is 9.59 Å². The Morgan fingerprint density at radius 3 is 2.91 bits per heavy atom. The molecule has 1 aromatic carbocycles. The summed E-state index contributed by atoms with van der Waals surface area (Å²) in [4.78, 5) is 31.2. The van der Waals surface area contributed by atoms with E-state index in [-0.39, 0.29) is 24.4 Å². The highest BCUT2D eigenvalue weighted by Crippen LogP contribution is 2.42. The maximum absolute atomic E-state index is 13.4. The highest BCUT2D eigenvalue weighted by molar-refractivity contribution is 8.04. The number of fused-ring (bicyclic) bond motifs is 1. The van der Waals surface area contributed by atoms with E-state index < -0.39 is 0 Å². The Morgan fingerprint density at radius 2 is 2.09 bits per heavy atom. The SMILES string of the molecule is CC1CCCN(CCCNC(=O)CN2C(=O)/C(=C\c3cccc(Cl)c3)SC3CCCCC32)C1. The molecule has 5 nitrogen and oxygen atoms in total. The molecular weight excluding hydrogens is 454 g/mol. The summed E-state index contributed by atoms with van der Waals surface area (Å²) in [6, 6.07) is 7.70. The monoisotopic (exact) mass is 489 g/mol. The van der Waals surface area contributed by atoms with Crippen LogP contribution in [0.5, 0.6) is 0 Å². The topological polar surface area (TPSA) is 52.7 Å². The lowest BCUT2D eigenvalue weighted by Crippen LogP contribution is -2.54. The minimum Gasteiger partial charge on any atom is -0.355 e. The third-order valence-electron chi connectivity index (χ3n) is 6.99. The van der Waals surface area contributed by atoms with Crippen LogP contribution in [0.1, 0.15) is 57.4 Å². The summed E-state index contributed by atoms with van der Waals surface area (Å²) in [5, 5.41) is 4.08. The normalized spacial score (nSPS) is 27.5. The molecule has 3 fully saturated rings. The summed E-state index contributed by atoms with van der Waals surface area (Å²) in [5.41, 5.74) is 0.920. The average molecular weight is 490 g/mol. The van der Waals surface area contributed by atoms with Crippen molar-refractivity contribution in [2.75, 3.05) is 32.7 Å². The van der Waals surface area contributed by atoms with Crippen molar-refractivity contribution in [2.24, 2.45) is 5.92 Å². The number of carbonyl (C=O) groups excluding carboxylic acids is 2. The first-order valence-electron chi connectivity index (χ1n) is 12.4. The van der Waals surface area contributed by atoms with Gasteiger partial charge >= 0.3 is 0 Å². The van der Waals surface area contributed by atoms with Crippen LogP contribution < -0.4 is 5.32 Å². The van der Waals surface area contributed by atoms with E-state index in [9.17, 15) is 9.59 Å². The fourth-order valence-corrected chi connectivity index (χ4v) is 7.01. The Morgan fingerprint density at radius 1 is 1.24 bits per heavy atom. The molecule has 180 valence electrons. The van der Waals surface area contributed by atoms with Gasteiger partial charge in [-0.3, -0.25) is 9.59 Å². The molecule has 4 rings (SSSR count). The second kappa shape index (κ2) is 11.8. The quantitative estimate of drug-likeness (QED) is 0.441. The van der Waals surface area contributed by atoms with Crippen molar-refractivity contribution < 1.29 is 9.59 Å². The van der Waals surface area contributed by atoms with Crippen molar-refractivity contribution >= 4 is 41.3 Å². The van der Waals surface area contributed by atoms with Gasteiger partial charge in [0.15, 0.2) is 0 Å². The van der Waals surface area contributed by atoms with E-state index in [1.807, 2.05) is 35.2 Å². The molecule has 0 bridgehead atoms. The molecule has 1 aromatic rings. The zero-order chi connectivity index (χ0) is 23.2. The summed E-state index contributed by atoms with van der Waals surface area (Å²) in [5.74, 6) is 0.697. The van der Waals surface area contributed by atoms with Crippen LogP contribution in [0.3, 0.4) is 0 Å². The van der Waals surface area contributed by atoms with Crippen molar-refractivity contribution in [1.82, 2.24) is 15.1 Å². The van der Waals surface area contributed by atoms with Gasteiger partial charge in [-0.05, 0) is 74.9 Å². The van der Waals surface area contributed by atoms with Gasteiger partial charge in [-0.2, -0.15) is 0 Å². The van der Waals surface area contributed by atoms with Crippen molar-refractivity contribution in [3.63, 3.8) is 0 Å². The number of likely N-dealkylation sites (tertiary alicyclic amines) is 1. The zero-order valence-corrected chi connectivity index (χ0v) is 21.2. The van der Waals surface area contributed by atoms with E-state index in [1.54, 1.807) is 11.8 Å². The second-order valence-electron chi connectivity index (χ2n) is 9.76. The molecule has 2 amide bonds. The van der Waals surface area contributed by atoms with Crippen molar-refractivity contribution in [3.8, 4) is 0 Å². The lowest BCUT2D eigenvalue weighted by molar-refractivity contribution is -0.135. The molecule has 0 spiro atoms. The average Bonchev–Trinajstić information content (AvgIpc) is 2.79. The van der Waals surface area contributed by atoms with Crippen LogP contribution in [0.15, 0.2) is 29.2 Å². The Kier molecular flexibility index (Phi) is 8.78. The van der Waals surface area contributed by atoms with E-state index >= 15 is 0 Å². The van der Waals surface area contributed by atoms with E-state index in [0.29, 0.717) is 21.7 Å². The number of amides is 2. The molecule has 2 heterocycles. The predicted octanol–water partition coefficient (Wildman–Crippen LogP) is 4.81. The number of nitrogens with zero attached hydrogens (tertiary/aromatic N) is 2. The first-order chi connectivity index (χ1) is 16.0. The fourth-order valence-electron chi connectivity index (χ4n) is 5.34. The minimum atomic E-state index is -0.0475. The summed E-state index contributed by atoms with van der Waals surface area (Å²) >= 11 is 7.82. The maximum atomic E-state index is 13.4. The molecule has 0 aromatic heterocycles. The number of nitrogens with one attached hydrogen (secondary N) is 1. The van der Waals surface area contributed by atoms with Gasteiger partial charge in [0.2, 0.25) is 5.91 Å². The minimum absolute atomic E-state index is 0.0272. The summed E-state index contributed by atoms with van der Waals surface area (Å²) < 4.78 is 0. The number of hydrogen-bond donors (Lipinski definition) is 1. The highest BCUT2D eigenvalue weighted by atomic mass is 35.5. The lowest BCUT2D eigenvalue weighted by atomic mass is 9.93. The third kappa shape index (κ3) is 6.77. The number of benzene rings is 1. The zero-order valence-electron chi connectivity index (χ0n) is 19.6. The molecule has 3 atom stereocenters. The molecule has 33 heavy (non-hydrogen) atoms. The largest absolute Gasteiger partial charge is 0.355 e. The first-order valence-corrected chi connectivity index (χ1v) is 13.7. The Balaban J connectivity index is 1.35. The smallest absolute Gasteiger partial charge is 0.261 e. The van der Waals surface area contributed by atoms with Crippen LogP contribution >= 0.6 is 23.4 Å². The number of hydrogen-bond acceptors (Lipinski definition) is 4. The molecular formula is C26H36ClN3O2S. The van der Waals surface area contributed by atoms with Crippen LogP contribution in [0.2, 0.25) is 5.02 Å². The van der Waals surface area contributed by atoms with Gasteiger partial charge in [-0.15, -0.1) is 11.8 Å². The highest BCUT2D eigenvalue weighted by Gasteiger charge is 2.41. The van der Waals surface area contributed by atoms with Crippen LogP contribution in [0.25, 0.3) is 6.08 Å². The van der Waals surface area contributed by atoms with Gasteiger partial charge in [-0.1, -0.05) is 43.5 Å². The predicted molar refractivity (Wildman–Crippen MR) is 137 cm³/mol. The van der Waals surface area contributed by atoms with Gasteiger partial charge in [0, 0.05) is 29.4 Å². The molecule has 1 saturated carbocycles. The number of rotatable bonds is 7. The molecule has 3 aliphatic rings. The fraction of sp³-hybridized carbons (Fsp3) is 0.615.